The van der Waals surface area contributed by atoms with Gasteiger partial charge in [0.25, 0.3) is 5.91 Å². The number of nitrogens with one attached hydrogen (secondary N) is 1. The number of hydrogen-bond donors (Lipinski definition) is 1. The lowest BCUT2D eigenvalue weighted by Crippen LogP contribution is -2.56. The predicted molar refractivity (Wildman–Crippen MR) is 131 cm³/mol. The molecule has 1 aromatic carbocycles. The van der Waals surface area contributed by atoms with Gasteiger partial charge in [-0.15, -0.1) is 0 Å². The molecule has 5 heteroatoms. The second-order valence-corrected chi connectivity index (χ2v) is 11.1. The number of fused-ring (bicyclic) bond motifs is 1. The van der Waals surface area contributed by atoms with Crippen molar-refractivity contribution in [3.8, 4) is 11.3 Å². The molecule has 4 fully saturated rings. The van der Waals surface area contributed by atoms with Crippen LogP contribution in [-0.2, 0) is 7.05 Å². The average molecular weight is 443 g/mol. The van der Waals surface area contributed by atoms with E-state index in [-0.39, 0.29) is 11.9 Å². The van der Waals surface area contributed by atoms with Crippen LogP contribution in [0, 0.1) is 30.1 Å². The fourth-order valence-corrected chi connectivity index (χ4v) is 7.88. The summed E-state index contributed by atoms with van der Waals surface area (Å²) in [4.78, 5) is 18.7. The van der Waals surface area contributed by atoms with E-state index in [4.69, 9.17) is 4.98 Å². The summed E-state index contributed by atoms with van der Waals surface area (Å²) in [6.07, 6.45) is 11.2. The Balaban J connectivity index is 1.36. The largest absolute Gasteiger partial charge is 0.349 e. The van der Waals surface area contributed by atoms with Crippen LogP contribution in [-0.4, -0.2) is 26.7 Å². The third-order valence-corrected chi connectivity index (χ3v) is 8.79. The predicted octanol–water partition coefficient (Wildman–Crippen LogP) is 5.67. The van der Waals surface area contributed by atoms with Crippen LogP contribution in [0.3, 0.4) is 0 Å². The van der Waals surface area contributed by atoms with Crippen molar-refractivity contribution in [2.24, 2.45) is 30.2 Å². The number of carbonyl (C=O) groups excluding carboxylic acids is 1. The monoisotopic (exact) mass is 442 g/mol. The van der Waals surface area contributed by atoms with Crippen LogP contribution in [0.25, 0.3) is 22.2 Å². The van der Waals surface area contributed by atoms with Gasteiger partial charge in [0.2, 0.25) is 0 Å². The summed E-state index contributed by atoms with van der Waals surface area (Å²) in [5.74, 6) is 2.68. The number of aromatic nitrogens is 3. The van der Waals surface area contributed by atoms with Crippen molar-refractivity contribution in [2.75, 3.05) is 0 Å². The van der Waals surface area contributed by atoms with Crippen LogP contribution >= 0.6 is 0 Å². The molecule has 2 heterocycles. The van der Waals surface area contributed by atoms with Gasteiger partial charge in [-0.25, -0.2) is 4.98 Å². The molecule has 4 saturated carbocycles. The number of carbonyl (C=O) groups is 1. The average Bonchev–Trinajstić information content (AvgIpc) is 3.13. The highest BCUT2D eigenvalue weighted by atomic mass is 16.1. The molecular formula is C28H34N4O. The lowest BCUT2D eigenvalue weighted by atomic mass is 9.47. The molecule has 1 atom stereocenters. The Labute approximate surface area is 196 Å². The maximum absolute atomic E-state index is 13.8. The van der Waals surface area contributed by atoms with E-state index < -0.39 is 0 Å². The maximum Gasteiger partial charge on any atom is 0.252 e. The van der Waals surface area contributed by atoms with E-state index in [1.165, 1.54) is 38.5 Å². The van der Waals surface area contributed by atoms with Crippen molar-refractivity contribution in [3.63, 3.8) is 0 Å². The normalized spacial score (nSPS) is 28.9. The molecule has 7 rings (SSSR count). The number of para-hydroxylation sites is 1. The van der Waals surface area contributed by atoms with Gasteiger partial charge in [0, 0.05) is 30.2 Å². The van der Waals surface area contributed by atoms with Crippen LogP contribution in [0.15, 0.2) is 36.5 Å². The third kappa shape index (κ3) is 3.48. The van der Waals surface area contributed by atoms with Crippen molar-refractivity contribution in [3.05, 3.63) is 47.8 Å². The van der Waals surface area contributed by atoms with E-state index in [0.29, 0.717) is 5.41 Å². The van der Waals surface area contributed by atoms with Gasteiger partial charge in [-0.2, -0.15) is 5.10 Å². The topological polar surface area (TPSA) is 59.8 Å². The quantitative estimate of drug-likeness (QED) is 0.554. The standard InChI is InChI=1S/C28H34N4O/c1-4-26(28-13-18-9-19(14-28)11-20(10-18)15-28)30-27(33)22-12-25(23-16-32(3)31-17(23)2)29-24-8-6-5-7-21(22)24/h5-8,12,16,18-20,26H,4,9-11,13-15H2,1-3H3,(H,30,33). The van der Waals surface area contributed by atoms with Crippen LogP contribution < -0.4 is 5.32 Å². The maximum atomic E-state index is 13.8. The Morgan fingerprint density at radius 1 is 1.15 bits per heavy atom. The highest BCUT2D eigenvalue weighted by Gasteiger charge is 2.54. The number of benzene rings is 1. The SMILES string of the molecule is CCC(NC(=O)c1cc(-c2cn(C)nc2C)nc2ccccc12)C12CC3CC(CC(C3)C1)C2. The van der Waals surface area contributed by atoms with Crippen molar-refractivity contribution in [1.29, 1.82) is 0 Å². The molecule has 33 heavy (non-hydrogen) atoms. The van der Waals surface area contributed by atoms with Crippen molar-refractivity contribution in [1.82, 2.24) is 20.1 Å². The molecule has 172 valence electrons. The minimum absolute atomic E-state index is 0.0407. The van der Waals surface area contributed by atoms with Crippen molar-refractivity contribution >= 4 is 16.8 Å². The van der Waals surface area contributed by atoms with Gasteiger partial charge in [-0.05, 0) is 87.2 Å². The zero-order valence-electron chi connectivity index (χ0n) is 20.0. The zero-order valence-corrected chi connectivity index (χ0v) is 20.0. The Bertz CT molecular complexity index is 1190. The lowest BCUT2D eigenvalue weighted by Gasteiger charge is -2.59. The first-order valence-corrected chi connectivity index (χ1v) is 12.7. The first kappa shape index (κ1) is 20.9. The van der Waals surface area contributed by atoms with Crippen molar-refractivity contribution < 1.29 is 4.79 Å². The lowest BCUT2D eigenvalue weighted by molar-refractivity contribution is -0.0727. The Kier molecular flexibility index (Phi) is 4.86. The molecule has 1 amide bonds. The zero-order chi connectivity index (χ0) is 22.7. The van der Waals surface area contributed by atoms with E-state index in [1.54, 1.807) is 4.68 Å². The van der Waals surface area contributed by atoms with Gasteiger partial charge in [-0.1, -0.05) is 25.1 Å². The first-order chi connectivity index (χ1) is 15.9. The molecule has 0 radical (unpaired) electrons. The van der Waals surface area contributed by atoms with Gasteiger partial charge in [0.05, 0.1) is 22.5 Å². The summed E-state index contributed by atoms with van der Waals surface area (Å²) < 4.78 is 1.81. The summed E-state index contributed by atoms with van der Waals surface area (Å²) >= 11 is 0. The van der Waals surface area contributed by atoms with E-state index in [1.807, 2.05) is 50.5 Å². The van der Waals surface area contributed by atoms with Crippen LogP contribution in [0.1, 0.15) is 67.9 Å². The van der Waals surface area contributed by atoms with Gasteiger partial charge in [0.1, 0.15) is 0 Å². The van der Waals surface area contributed by atoms with Gasteiger partial charge >= 0.3 is 0 Å². The van der Waals surface area contributed by atoms with Crippen LogP contribution in [0.5, 0.6) is 0 Å². The second-order valence-electron chi connectivity index (χ2n) is 11.1. The van der Waals surface area contributed by atoms with E-state index in [0.717, 1.165) is 57.6 Å². The number of amides is 1. The van der Waals surface area contributed by atoms with E-state index in [9.17, 15) is 4.79 Å². The van der Waals surface area contributed by atoms with Crippen LogP contribution in [0.2, 0.25) is 0 Å². The molecule has 4 aliphatic rings. The molecular weight excluding hydrogens is 408 g/mol. The molecule has 0 aliphatic heterocycles. The van der Waals surface area contributed by atoms with E-state index >= 15 is 0 Å². The number of hydrogen-bond acceptors (Lipinski definition) is 3. The summed E-state index contributed by atoms with van der Waals surface area (Å²) in [7, 11) is 1.92. The molecule has 2 aromatic heterocycles. The molecule has 5 nitrogen and oxygen atoms in total. The molecule has 4 aliphatic carbocycles. The molecule has 0 saturated heterocycles. The smallest absolute Gasteiger partial charge is 0.252 e. The summed E-state index contributed by atoms with van der Waals surface area (Å²) in [5, 5.41) is 8.95. The number of nitrogens with zero attached hydrogens (tertiary/aromatic N) is 3. The Morgan fingerprint density at radius 3 is 2.42 bits per heavy atom. The minimum atomic E-state index is 0.0407. The Hall–Kier alpha value is -2.69. The third-order valence-electron chi connectivity index (χ3n) is 8.79. The Morgan fingerprint density at radius 2 is 1.82 bits per heavy atom. The first-order valence-electron chi connectivity index (χ1n) is 12.7. The summed E-state index contributed by atoms with van der Waals surface area (Å²) in [6.45, 7) is 4.24. The highest BCUT2D eigenvalue weighted by molar-refractivity contribution is 6.07. The number of rotatable bonds is 5. The number of pyridine rings is 1. The fraction of sp³-hybridized carbons (Fsp3) is 0.536. The molecule has 3 aromatic rings. The second kappa shape index (κ2) is 7.68. The van der Waals surface area contributed by atoms with Gasteiger partial charge in [-0.3, -0.25) is 9.48 Å². The van der Waals surface area contributed by atoms with Gasteiger partial charge in [0.15, 0.2) is 0 Å². The molecule has 0 spiro atoms. The minimum Gasteiger partial charge on any atom is -0.349 e. The summed E-state index contributed by atoms with van der Waals surface area (Å²) in [6, 6.07) is 10.2. The van der Waals surface area contributed by atoms with Crippen LogP contribution in [0.4, 0.5) is 0 Å². The van der Waals surface area contributed by atoms with Crippen molar-refractivity contribution in [2.45, 2.75) is 64.8 Å². The van der Waals surface area contributed by atoms with Gasteiger partial charge < -0.3 is 5.32 Å². The number of aryl methyl sites for hydroxylation is 2. The summed E-state index contributed by atoms with van der Waals surface area (Å²) in [5.41, 5.74) is 4.59. The van der Waals surface area contributed by atoms with E-state index in [2.05, 4.69) is 17.3 Å². The molecule has 1 unspecified atom stereocenters. The fourth-order valence-electron chi connectivity index (χ4n) is 7.88. The highest BCUT2D eigenvalue weighted by Crippen LogP contribution is 2.61. The molecule has 1 N–H and O–H groups in total. The molecule has 4 bridgehead atoms.